The first-order valence-corrected chi connectivity index (χ1v) is 10.4. The summed E-state index contributed by atoms with van der Waals surface area (Å²) in [4.78, 5) is 14.7. The zero-order chi connectivity index (χ0) is 21.8. The first-order chi connectivity index (χ1) is 15.0. The molecule has 1 N–H and O–H groups in total. The largest absolute Gasteiger partial charge is 0.496 e. The van der Waals surface area contributed by atoms with Gasteiger partial charge in [0.05, 0.1) is 17.8 Å². The number of rotatable bonds is 5. The maximum absolute atomic E-state index is 13.3. The Balaban J connectivity index is 1.36. The Kier molecular flexibility index (Phi) is 6.32. The van der Waals surface area contributed by atoms with Crippen LogP contribution in [0.5, 0.6) is 5.75 Å². The summed E-state index contributed by atoms with van der Waals surface area (Å²) in [6.45, 7) is 1.40. The highest BCUT2D eigenvalue weighted by atomic mass is 35.5. The molecule has 0 bridgehead atoms. The molecular formula is C23H22ClFN4O2. The average Bonchev–Trinajstić information content (AvgIpc) is 2.81. The smallest absolute Gasteiger partial charge is 0.227 e. The lowest BCUT2D eigenvalue weighted by atomic mass is 9.95. The third-order valence-corrected chi connectivity index (χ3v) is 5.70. The molecule has 1 amide bonds. The van der Waals surface area contributed by atoms with Crippen molar-refractivity contribution in [2.24, 2.45) is 5.92 Å². The number of carbonyl (C=O) groups is 1. The molecular weight excluding hydrogens is 419 g/mol. The SMILES string of the molecule is COc1ccccc1-c1ccc(N2CCC(C(=O)Nc3ccc(F)c(Cl)c3)CC2)nn1. The van der Waals surface area contributed by atoms with E-state index in [1.165, 1.54) is 18.2 Å². The molecule has 1 aliphatic rings. The van der Waals surface area contributed by atoms with Crippen molar-refractivity contribution in [2.45, 2.75) is 12.8 Å². The fraction of sp³-hybridized carbons (Fsp3) is 0.261. The van der Waals surface area contributed by atoms with E-state index in [0.717, 1.165) is 22.8 Å². The van der Waals surface area contributed by atoms with E-state index in [4.69, 9.17) is 16.3 Å². The predicted octanol–water partition coefficient (Wildman–Crippen LogP) is 4.80. The van der Waals surface area contributed by atoms with Gasteiger partial charge in [-0.25, -0.2) is 4.39 Å². The number of piperidine rings is 1. The fourth-order valence-electron chi connectivity index (χ4n) is 3.68. The van der Waals surface area contributed by atoms with E-state index < -0.39 is 5.82 Å². The van der Waals surface area contributed by atoms with Crippen molar-refractivity contribution >= 4 is 29.0 Å². The molecule has 0 spiro atoms. The highest BCUT2D eigenvalue weighted by Crippen LogP contribution is 2.29. The molecule has 1 saturated heterocycles. The standard InChI is InChI=1S/C23H22ClFN4O2/c1-31-21-5-3-2-4-17(21)20-8-9-22(28-27-20)29-12-10-15(11-13-29)23(30)26-16-6-7-19(25)18(24)14-16/h2-9,14-15H,10-13H2,1H3,(H,26,30). The number of halogens is 2. The lowest BCUT2D eigenvalue weighted by molar-refractivity contribution is -0.120. The van der Waals surface area contributed by atoms with Crippen molar-refractivity contribution in [1.29, 1.82) is 0 Å². The summed E-state index contributed by atoms with van der Waals surface area (Å²) in [7, 11) is 1.63. The molecule has 1 fully saturated rings. The summed E-state index contributed by atoms with van der Waals surface area (Å²) in [5.41, 5.74) is 2.13. The number of nitrogens with zero attached hydrogens (tertiary/aromatic N) is 3. The normalized spacial score (nSPS) is 14.4. The molecule has 3 aromatic rings. The first-order valence-electron chi connectivity index (χ1n) is 10.0. The second-order valence-corrected chi connectivity index (χ2v) is 7.76. The maximum Gasteiger partial charge on any atom is 0.227 e. The summed E-state index contributed by atoms with van der Waals surface area (Å²) in [6.07, 6.45) is 1.38. The summed E-state index contributed by atoms with van der Waals surface area (Å²) < 4.78 is 18.7. The number of hydrogen-bond donors (Lipinski definition) is 1. The van der Waals surface area contributed by atoms with Gasteiger partial charge in [-0.1, -0.05) is 23.7 Å². The van der Waals surface area contributed by atoms with Crippen molar-refractivity contribution in [2.75, 3.05) is 30.4 Å². The average molecular weight is 441 g/mol. The number of methoxy groups -OCH3 is 1. The zero-order valence-electron chi connectivity index (χ0n) is 17.0. The molecule has 8 heteroatoms. The van der Waals surface area contributed by atoms with Gasteiger partial charge in [0.2, 0.25) is 5.91 Å². The third-order valence-electron chi connectivity index (χ3n) is 5.41. The molecule has 160 valence electrons. The summed E-state index contributed by atoms with van der Waals surface area (Å²) >= 11 is 5.78. The second kappa shape index (κ2) is 9.31. The molecule has 0 atom stereocenters. The molecule has 4 rings (SSSR count). The van der Waals surface area contributed by atoms with Crippen LogP contribution in [0.15, 0.2) is 54.6 Å². The molecule has 6 nitrogen and oxygen atoms in total. The van der Waals surface area contributed by atoms with E-state index in [2.05, 4.69) is 20.4 Å². The van der Waals surface area contributed by atoms with E-state index in [1.807, 2.05) is 36.4 Å². The Hall–Kier alpha value is -3.19. The van der Waals surface area contributed by atoms with Gasteiger partial charge in [-0.15, -0.1) is 10.2 Å². The van der Waals surface area contributed by atoms with Crippen LogP contribution < -0.4 is 15.0 Å². The first kappa shape index (κ1) is 21.1. The number of amides is 1. The molecule has 2 heterocycles. The highest BCUT2D eigenvalue weighted by Gasteiger charge is 2.26. The monoisotopic (exact) mass is 440 g/mol. The van der Waals surface area contributed by atoms with E-state index >= 15 is 0 Å². The number of para-hydroxylation sites is 1. The van der Waals surface area contributed by atoms with Crippen LogP contribution in [0.1, 0.15) is 12.8 Å². The molecule has 0 unspecified atom stereocenters. The topological polar surface area (TPSA) is 67.3 Å². The van der Waals surface area contributed by atoms with Crippen LogP contribution in [0.4, 0.5) is 15.9 Å². The van der Waals surface area contributed by atoms with Gasteiger partial charge < -0.3 is 15.0 Å². The number of carbonyl (C=O) groups excluding carboxylic acids is 1. The Morgan fingerprint density at radius 3 is 2.58 bits per heavy atom. The maximum atomic E-state index is 13.3. The van der Waals surface area contributed by atoms with Crippen molar-refractivity contribution in [3.8, 4) is 17.0 Å². The lowest BCUT2D eigenvalue weighted by Crippen LogP contribution is -2.38. The number of benzene rings is 2. The van der Waals surface area contributed by atoms with Crippen molar-refractivity contribution in [3.05, 3.63) is 65.4 Å². The van der Waals surface area contributed by atoms with Gasteiger partial charge in [0.25, 0.3) is 0 Å². The van der Waals surface area contributed by atoms with Gasteiger partial charge >= 0.3 is 0 Å². The van der Waals surface area contributed by atoms with Crippen LogP contribution in [0, 0.1) is 11.7 Å². The van der Waals surface area contributed by atoms with Crippen molar-refractivity contribution in [3.63, 3.8) is 0 Å². The number of hydrogen-bond acceptors (Lipinski definition) is 5. The lowest BCUT2D eigenvalue weighted by Gasteiger charge is -2.31. The summed E-state index contributed by atoms with van der Waals surface area (Å²) in [5.74, 6) is 0.813. The minimum Gasteiger partial charge on any atom is -0.496 e. The molecule has 1 aliphatic heterocycles. The molecule has 1 aromatic heterocycles. The van der Waals surface area contributed by atoms with Crippen LogP contribution in [0.25, 0.3) is 11.3 Å². The van der Waals surface area contributed by atoms with Crippen molar-refractivity contribution < 1.29 is 13.9 Å². The zero-order valence-corrected chi connectivity index (χ0v) is 17.8. The van der Waals surface area contributed by atoms with E-state index in [1.54, 1.807) is 7.11 Å². The number of aromatic nitrogens is 2. The summed E-state index contributed by atoms with van der Waals surface area (Å²) in [6, 6.07) is 15.7. The molecule has 0 saturated carbocycles. The Bertz CT molecular complexity index is 1070. The second-order valence-electron chi connectivity index (χ2n) is 7.36. The van der Waals surface area contributed by atoms with Crippen molar-refractivity contribution in [1.82, 2.24) is 10.2 Å². The van der Waals surface area contributed by atoms with Gasteiger partial charge in [0, 0.05) is 30.3 Å². The van der Waals surface area contributed by atoms with Gasteiger partial charge in [-0.2, -0.15) is 0 Å². The van der Waals surface area contributed by atoms with Crippen LogP contribution >= 0.6 is 11.6 Å². The van der Waals surface area contributed by atoms with Crippen LogP contribution in [0.3, 0.4) is 0 Å². The minimum absolute atomic E-state index is 0.0113. The predicted molar refractivity (Wildman–Crippen MR) is 119 cm³/mol. The number of ether oxygens (including phenoxy) is 1. The number of nitrogens with one attached hydrogen (secondary N) is 1. The molecule has 0 radical (unpaired) electrons. The van der Waals surface area contributed by atoms with Gasteiger partial charge in [0.1, 0.15) is 11.6 Å². The quantitative estimate of drug-likeness (QED) is 0.617. The third kappa shape index (κ3) is 4.77. The van der Waals surface area contributed by atoms with Gasteiger partial charge in [0.15, 0.2) is 5.82 Å². The molecule has 0 aliphatic carbocycles. The van der Waals surface area contributed by atoms with Crippen LogP contribution in [-0.4, -0.2) is 36.3 Å². The molecule has 2 aromatic carbocycles. The fourth-order valence-corrected chi connectivity index (χ4v) is 3.86. The van der Waals surface area contributed by atoms with E-state index in [0.29, 0.717) is 31.6 Å². The van der Waals surface area contributed by atoms with E-state index in [-0.39, 0.29) is 16.8 Å². The highest BCUT2D eigenvalue weighted by molar-refractivity contribution is 6.31. The minimum atomic E-state index is -0.509. The Morgan fingerprint density at radius 2 is 1.90 bits per heavy atom. The van der Waals surface area contributed by atoms with Crippen LogP contribution in [0.2, 0.25) is 5.02 Å². The Labute approximate surface area is 185 Å². The van der Waals surface area contributed by atoms with Gasteiger partial charge in [-0.05, 0) is 55.3 Å². The van der Waals surface area contributed by atoms with Gasteiger partial charge in [-0.3, -0.25) is 4.79 Å². The number of anilines is 2. The van der Waals surface area contributed by atoms with E-state index in [9.17, 15) is 9.18 Å². The van der Waals surface area contributed by atoms with Crippen LogP contribution in [-0.2, 0) is 4.79 Å². The Morgan fingerprint density at radius 1 is 1.13 bits per heavy atom. The molecule has 31 heavy (non-hydrogen) atoms. The summed E-state index contributed by atoms with van der Waals surface area (Å²) in [5, 5.41) is 11.6.